The molecule has 0 saturated carbocycles. The highest BCUT2D eigenvalue weighted by molar-refractivity contribution is 7.25. The molecule has 5 nitrogen and oxygen atoms in total. The molecule has 0 radical (unpaired) electrons. The van der Waals surface area contributed by atoms with Gasteiger partial charge in [-0.3, -0.25) is 4.79 Å². The molecule has 23 heavy (non-hydrogen) atoms. The Hall–Kier alpha value is -2.44. The lowest BCUT2D eigenvalue weighted by atomic mass is 10.2. The third-order valence-corrected chi connectivity index (χ3v) is 5.01. The lowest BCUT2D eigenvalue weighted by Gasteiger charge is -2.05. The van der Waals surface area contributed by atoms with Crippen molar-refractivity contribution in [1.82, 2.24) is 14.8 Å². The molecule has 0 bridgehead atoms. The van der Waals surface area contributed by atoms with Gasteiger partial charge in [0, 0.05) is 34.7 Å². The Bertz CT molecular complexity index is 1090. The van der Waals surface area contributed by atoms with E-state index in [2.05, 4.69) is 15.4 Å². The van der Waals surface area contributed by atoms with Crippen LogP contribution in [0.5, 0.6) is 0 Å². The topological polar surface area (TPSA) is 59.8 Å². The Morgan fingerprint density at radius 1 is 1.22 bits per heavy atom. The fourth-order valence-corrected chi connectivity index (χ4v) is 3.76. The number of halogens is 1. The minimum absolute atomic E-state index is 0.158. The van der Waals surface area contributed by atoms with Gasteiger partial charge in [0.05, 0.1) is 11.9 Å². The third kappa shape index (κ3) is 2.18. The summed E-state index contributed by atoms with van der Waals surface area (Å²) < 4.78 is 2.02. The van der Waals surface area contributed by atoms with E-state index in [1.54, 1.807) is 36.7 Å². The van der Waals surface area contributed by atoms with Gasteiger partial charge in [-0.25, -0.2) is 4.98 Å². The van der Waals surface area contributed by atoms with Gasteiger partial charge < -0.3 is 5.32 Å². The van der Waals surface area contributed by atoms with Crippen LogP contribution < -0.4 is 10.9 Å². The number of thiophene rings is 1. The normalized spacial score (nSPS) is 11.2. The molecule has 0 amide bonds. The first-order valence-corrected chi connectivity index (χ1v) is 8.12. The van der Waals surface area contributed by atoms with Crippen molar-refractivity contribution in [1.29, 1.82) is 0 Å². The molecule has 0 unspecified atom stereocenters. The predicted molar refractivity (Wildman–Crippen MR) is 95.1 cm³/mol. The Morgan fingerprint density at radius 3 is 2.74 bits per heavy atom. The molecular weight excluding hydrogens is 332 g/mol. The largest absolute Gasteiger partial charge is 0.387 e. The Morgan fingerprint density at radius 2 is 2.00 bits per heavy atom. The summed E-state index contributed by atoms with van der Waals surface area (Å²) in [6.07, 6.45) is 3.45. The Labute approximate surface area is 140 Å². The van der Waals surface area contributed by atoms with E-state index in [9.17, 15) is 4.79 Å². The van der Waals surface area contributed by atoms with E-state index in [4.69, 9.17) is 11.6 Å². The van der Waals surface area contributed by atoms with Gasteiger partial charge in [0.1, 0.15) is 9.53 Å². The molecule has 0 aliphatic heterocycles. The maximum atomic E-state index is 12.8. The number of fused-ring (bicyclic) bond motifs is 3. The van der Waals surface area contributed by atoms with Crippen molar-refractivity contribution in [3.05, 3.63) is 58.1 Å². The van der Waals surface area contributed by atoms with Crippen LogP contribution in [0.1, 0.15) is 0 Å². The van der Waals surface area contributed by atoms with Crippen molar-refractivity contribution in [3.63, 3.8) is 0 Å². The second kappa shape index (κ2) is 5.33. The van der Waals surface area contributed by atoms with Crippen LogP contribution in [0.25, 0.3) is 26.0 Å². The molecule has 1 N–H and O–H groups in total. The van der Waals surface area contributed by atoms with Crippen molar-refractivity contribution < 1.29 is 0 Å². The molecule has 0 aliphatic carbocycles. The maximum Gasteiger partial charge on any atom is 0.289 e. The molecule has 0 atom stereocenters. The maximum absolute atomic E-state index is 12.8. The number of anilines is 1. The molecule has 0 spiro atoms. The van der Waals surface area contributed by atoms with Gasteiger partial charge in [-0.15, -0.1) is 11.3 Å². The van der Waals surface area contributed by atoms with E-state index < -0.39 is 0 Å². The fourth-order valence-electron chi connectivity index (χ4n) is 2.57. The van der Waals surface area contributed by atoms with Gasteiger partial charge in [0.2, 0.25) is 0 Å². The molecule has 4 aromatic rings. The summed E-state index contributed by atoms with van der Waals surface area (Å²) in [6.45, 7) is 0. The lowest BCUT2D eigenvalue weighted by molar-refractivity contribution is 0.823. The summed E-state index contributed by atoms with van der Waals surface area (Å²) in [5, 5.41) is 9.82. The number of nitrogens with zero attached hydrogens (tertiary/aromatic N) is 3. The van der Waals surface area contributed by atoms with Crippen molar-refractivity contribution in [2.24, 2.45) is 0 Å². The van der Waals surface area contributed by atoms with Gasteiger partial charge >= 0.3 is 0 Å². The smallest absolute Gasteiger partial charge is 0.289 e. The summed E-state index contributed by atoms with van der Waals surface area (Å²) in [6, 6.07) is 8.90. The number of pyridine rings is 1. The summed E-state index contributed by atoms with van der Waals surface area (Å²) in [5.74, 6) is 0. The zero-order chi connectivity index (χ0) is 16.0. The van der Waals surface area contributed by atoms with Gasteiger partial charge in [-0.1, -0.05) is 11.6 Å². The first kappa shape index (κ1) is 14.2. The van der Waals surface area contributed by atoms with Gasteiger partial charge in [-0.2, -0.15) is 9.78 Å². The standard InChI is InChI=1S/C16H11ClN4OS/c1-18-12-6-7-19-15-13(12)11-8-20-21(16(22)14(11)23-15)10-4-2-9(17)3-5-10/h2-8H,1H3,(H,18,19). The highest BCUT2D eigenvalue weighted by Gasteiger charge is 2.15. The zero-order valence-corrected chi connectivity index (χ0v) is 13.6. The van der Waals surface area contributed by atoms with Crippen LogP contribution in [0, 0.1) is 0 Å². The fraction of sp³-hybridized carbons (Fsp3) is 0.0625. The molecule has 0 aliphatic rings. The van der Waals surface area contributed by atoms with Gasteiger partial charge in [0.15, 0.2) is 0 Å². The number of rotatable bonds is 2. The summed E-state index contributed by atoms with van der Waals surface area (Å²) in [4.78, 5) is 18.0. The predicted octanol–water partition coefficient (Wildman–Crippen LogP) is 3.69. The zero-order valence-electron chi connectivity index (χ0n) is 12.1. The monoisotopic (exact) mass is 342 g/mol. The summed E-state index contributed by atoms with van der Waals surface area (Å²) in [5.41, 5.74) is 1.46. The molecule has 1 aromatic carbocycles. The van der Waals surface area contributed by atoms with E-state index in [-0.39, 0.29) is 5.56 Å². The quantitative estimate of drug-likeness (QED) is 0.603. The molecular formula is C16H11ClN4OS. The molecule has 114 valence electrons. The van der Waals surface area contributed by atoms with Crippen molar-refractivity contribution in [2.45, 2.75) is 0 Å². The number of benzene rings is 1. The first-order valence-electron chi connectivity index (χ1n) is 6.92. The van der Waals surface area contributed by atoms with Crippen molar-refractivity contribution in [3.8, 4) is 5.69 Å². The molecule has 4 rings (SSSR count). The van der Waals surface area contributed by atoms with Crippen LogP contribution in [-0.4, -0.2) is 21.8 Å². The summed E-state index contributed by atoms with van der Waals surface area (Å²) >= 11 is 7.28. The van der Waals surface area contributed by atoms with Crippen LogP contribution in [0.4, 0.5) is 5.69 Å². The number of nitrogens with one attached hydrogen (secondary N) is 1. The lowest BCUT2D eigenvalue weighted by Crippen LogP contribution is -2.19. The van der Waals surface area contributed by atoms with E-state index in [0.717, 1.165) is 21.3 Å². The van der Waals surface area contributed by atoms with Crippen LogP contribution in [0.15, 0.2) is 47.5 Å². The number of aromatic nitrogens is 3. The highest BCUT2D eigenvalue weighted by atomic mass is 35.5. The van der Waals surface area contributed by atoms with Crippen molar-refractivity contribution in [2.75, 3.05) is 12.4 Å². The van der Waals surface area contributed by atoms with Gasteiger partial charge in [0.25, 0.3) is 5.56 Å². The highest BCUT2D eigenvalue weighted by Crippen LogP contribution is 2.34. The van der Waals surface area contributed by atoms with Gasteiger partial charge in [-0.05, 0) is 30.3 Å². The second-order valence-corrected chi connectivity index (χ2v) is 6.41. The van der Waals surface area contributed by atoms with E-state index in [0.29, 0.717) is 15.4 Å². The molecule has 3 aromatic heterocycles. The average molecular weight is 343 g/mol. The molecule has 0 fully saturated rings. The SMILES string of the molecule is CNc1ccnc2sc3c(=O)n(-c4ccc(Cl)cc4)ncc3c12. The van der Waals surface area contributed by atoms with Crippen LogP contribution in [-0.2, 0) is 0 Å². The minimum atomic E-state index is -0.158. The third-order valence-electron chi connectivity index (χ3n) is 3.66. The first-order chi connectivity index (χ1) is 11.2. The Balaban J connectivity index is 2.04. The van der Waals surface area contributed by atoms with E-state index in [1.807, 2.05) is 13.1 Å². The van der Waals surface area contributed by atoms with Crippen molar-refractivity contribution >= 4 is 48.9 Å². The molecule has 0 saturated heterocycles. The number of hydrogen-bond donors (Lipinski definition) is 1. The minimum Gasteiger partial charge on any atom is -0.387 e. The molecule has 7 heteroatoms. The number of hydrogen-bond acceptors (Lipinski definition) is 5. The van der Waals surface area contributed by atoms with Crippen LogP contribution in [0.2, 0.25) is 5.02 Å². The van der Waals surface area contributed by atoms with E-state index in [1.165, 1.54) is 16.0 Å². The van der Waals surface area contributed by atoms with Crippen LogP contribution >= 0.6 is 22.9 Å². The van der Waals surface area contributed by atoms with E-state index >= 15 is 0 Å². The van der Waals surface area contributed by atoms with Crippen LogP contribution in [0.3, 0.4) is 0 Å². The summed E-state index contributed by atoms with van der Waals surface area (Å²) in [7, 11) is 1.85. The Kier molecular flexibility index (Phi) is 3.28. The molecule has 3 heterocycles. The second-order valence-electron chi connectivity index (χ2n) is 4.97. The average Bonchev–Trinajstić information content (AvgIpc) is 2.96.